The van der Waals surface area contributed by atoms with Crippen LogP contribution < -0.4 is 0 Å². The lowest BCUT2D eigenvalue weighted by molar-refractivity contribution is -0.0689. The van der Waals surface area contributed by atoms with Gasteiger partial charge in [-0.2, -0.15) is 13.2 Å². The zero-order valence-corrected chi connectivity index (χ0v) is 14.7. The van der Waals surface area contributed by atoms with Crippen molar-refractivity contribution in [3.63, 3.8) is 0 Å². The summed E-state index contributed by atoms with van der Waals surface area (Å²) in [6.45, 7) is 0. The first-order valence-corrected chi connectivity index (χ1v) is 7.87. The van der Waals surface area contributed by atoms with Crippen LogP contribution in [0.1, 0.15) is 15.9 Å². The molecule has 126 valence electrons. The van der Waals surface area contributed by atoms with E-state index in [0.29, 0.717) is 6.08 Å². The summed E-state index contributed by atoms with van der Waals surface area (Å²) in [5.74, 6) is -1.56. The van der Waals surface area contributed by atoms with E-state index < -0.39 is 23.3 Å². The lowest BCUT2D eigenvalue weighted by Gasteiger charge is -2.13. The standard InChI is InChI=1S/C16H7BrCl2F4O/c17-13-5-8(1-2-14(13)20)15(24)7-12(16(21,22)23)9-3-10(18)6-11(19)4-9/h1-7H. The van der Waals surface area contributed by atoms with Crippen molar-refractivity contribution in [3.05, 3.63) is 73.9 Å². The van der Waals surface area contributed by atoms with Crippen LogP contribution in [0.15, 0.2) is 46.9 Å². The number of alkyl halides is 3. The highest BCUT2D eigenvalue weighted by molar-refractivity contribution is 9.10. The summed E-state index contributed by atoms with van der Waals surface area (Å²) >= 11 is 14.3. The summed E-state index contributed by atoms with van der Waals surface area (Å²) < 4.78 is 53.1. The highest BCUT2D eigenvalue weighted by atomic mass is 79.9. The van der Waals surface area contributed by atoms with Gasteiger partial charge < -0.3 is 0 Å². The van der Waals surface area contributed by atoms with Crippen molar-refractivity contribution in [2.45, 2.75) is 6.18 Å². The predicted octanol–water partition coefficient (Wildman–Crippen LogP) is 6.72. The Morgan fingerprint density at radius 1 is 1.00 bits per heavy atom. The fourth-order valence-electron chi connectivity index (χ4n) is 1.90. The lowest BCUT2D eigenvalue weighted by atomic mass is 10.0. The second-order valence-corrected chi connectivity index (χ2v) is 6.43. The number of hydrogen-bond acceptors (Lipinski definition) is 1. The van der Waals surface area contributed by atoms with Crippen LogP contribution in [0.2, 0.25) is 10.0 Å². The van der Waals surface area contributed by atoms with Crippen molar-refractivity contribution < 1.29 is 22.4 Å². The third-order valence-electron chi connectivity index (χ3n) is 2.96. The molecule has 0 atom stereocenters. The number of ketones is 1. The Bertz CT molecular complexity index is 811. The van der Waals surface area contributed by atoms with Gasteiger partial charge in [0.05, 0.1) is 10.0 Å². The molecular weight excluding hydrogens is 435 g/mol. The van der Waals surface area contributed by atoms with Crippen molar-refractivity contribution in [1.29, 1.82) is 0 Å². The predicted molar refractivity (Wildman–Crippen MR) is 88.9 cm³/mol. The molecule has 0 heterocycles. The minimum absolute atomic E-state index is 0.00428. The van der Waals surface area contributed by atoms with E-state index in [1.165, 1.54) is 6.07 Å². The van der Waals surface area contributed by atoms with Gasteiger partial charge in [0.25, 0.3) is 0 Å². The molecule has 0 bridgehead atoms. The van der Waals surface area contributed by atoms with E-state index in [9.17, 15) is 22.4 Å². The molecular formula is C16H7BrCl2F4O. The summed E-state index contributed by atoms with van der Waals surface area (Å²) in [6, 6.07) is 6.57. The van der Waals surface area contributed by atoms with Gasteiger partial charge in [-0.3, -0.25) is 4.79 Å². The summed E-state index contributed by atoms with van der Waals surface area (Å²) in [5, 5.41) is 0.00857. The average Bonchev–Trinajstić information content (AvgIpc) is 2.45. The maximum absolute atomic E-state index is 13.3. The van der Waals surface area contributed by atoms with Crippen molar-refractivity contribution >= 4 is 50.5 Å². The van der Waals surface area contributed by atoms with Gasteiger partial charge in [-0.25, -0.2) is 4.39 Å². The molecule has 0 amide bonds. The number of carbonyl (C=O) groups excluding carboxylic acids is 1. The van der Waals surface area contributed by atoms with E-state index in [0.717, 1.165) is 30.3 Å². The molecule has 0 aromatic heterocycles. The highest BCUT2D eigenvalue weighted by Gasteiger charge is 2.35. The minimum Gasteiger partial charge on any atom is -0.289 e. The molecule has 0 aliphatic carbocycles. The van der Waals surface area contributed by atoms with Gasteiger partial charge in [-0.15, -0.1) is 0 Å². The highest BCUT2D eigenvalue weighted by Crippen LogP contribution is 2.36. The molecule has 0 aliphatic heterocycles. The molecule has 1 nitrogen and oxygen atoms in total. The fourth-order valence-corrected chi connectivity index (χ4v) is 2.81. The Morgan fingerprint density at radius 3 is 2.08 bits per heavy atom. The topological polar surface area (TPSA) is 17.1 Å². The van der Waals surface area contributed by atoms with E-state index in [1.807, 2.05) is 0 Å². The Kier molecular flexibility index (Phi) is 5.73. The van der Waals surface area contributed by atoms with Crippen LogP contribution in [0.5, 0.6) is 0 Å². The first kappa shape index (κ1) is 19.0. The SMILES string of the molecule is O=C(C=C(c1cc(Cl)cc(Cl)c1)C(F)(F)F)c1ccc(F)c(Br)c1. The normalized spacial score (nSPS) is 12.4. The van der Waals surface area contributed by atoms with Gasteiger partial charge in [-0.1, -0.05) is 23.2 Å². The third-order valence-corrected chi connectivity index (χ3v) is 4.00. The van der Waals surface area contributed by atoms with Crippen LogP contribution in [-0.2, 0) is 0 Å². The molecule has 2 rings (SSSR count). The molecule has 2 aromatic rings. The van der Waals surface area contributed by atoms with Gasteiger partial charge in [0.15, 0.2) is 5.78 Å². The Hall–Kier alpha value is -1.37. The zero-order chi connectivity index (χ0) is 18.1. The second kappa shape index (κ2) is 7.25. The molecule has 0 radical (unpaired) electrons. The number of hydrogen-bond donors (Lipinski definition) is 0. The van der Waals surface area contributed by atoms with Crippen molar-refractivity contribution in [3.8, 4) is 0 Å². The quantitative estimate of drug-likeness (QED) is 0.293. The zero-order valence-electron chi connectivity index (χ0n) is 11.6. The number of halogens is 7. The van der Waals surface area contributed by atoms with Crippen molar-refractivity contribution in [2.75, 3.05) is 0 Å². The van der Waals surface area contributed by atoms with E-state index in [1.54, 1.807) is 0 Å². The van der Waals surface area contributed by atoms with Crippen LogP contribution >= 0.6 is 39.1 Å². The van der Waals surface area contributed by atoms with Gasteiger partial charge in [0, 0.05) is 15.6 Å². The molecule has 0 spiro atoms. The minimum atomic E-state index is -4.80. The molecule has 0 saturated carbocycles. The van der Waals surface area contributed by atoms with Gasteiger partial charge in [0.2, 0.25) is 0 Å². The molecule has 0 aliphatic rings. The second-order valence-electron chi connectivity index (χ2n) is 4.71. The van der Waals surface area contributed by atoms with Crippen molar-refractivity contribution in [1.82, 2.24) is 0 Å². The molecule has 8 heteroatoms. The van der Waals surface area contributed by atoms with Gasteiger partial charge in [0.1, 0.15) is 5.82 Å². The molecule has 0 saturated heterocycles. The Morgan fingerprint density at radius 2 is 1.58 bits per heavy atom. The van der Waals surface area contributed by atoms with Crippen LogP contribution in [0.4, 0.5) is 17.6 Å². The monoisotopic (exact) mass is 440 g/mol. The van der Waals surface area contributed by atoms with Crippen LogP contribution in [-0.4, -0.2) is 12.0 Å². The van der Waals surface area contributed by atoms with Crippen LogP contribution in [0.3, 0.4) is 0 Å². The fraction of sp³-hybridized carbons (Fsp3) is 0.0625. The maximum Gasteiger partial charge on any atom is 0.417 e. The first-order chi connectivity index (χ1) is 11.1. The van der Waals surface area contributed by atoms with E-state index in [-0.39, 0.29) is 25.6 Å². The summed E-state index contributed by atoms with van der Waals surface area (Å²) in [5.41, 5.74) is -1.63. The molecule has 24 heavy (non-hydrogen) atoms. The number of rotatable bonds is 3. The van der Waals surface area contributed by atoms with Gasteiger partial charge in [-0.05, 0) is 64.0 Å². The summed E-state index contributed by atoms with van der Waals surface area (Å²) in [6.07, 6.45) is -4.37. The maximum atomic E-state index is 13.3. The van der Waals surface area contributed by atoms with Gasteiger partial charge >= 0.3 is 6.18 Å². The molecule has 0 unspecified atom stereocenters. The van der Waals surface area contributed by atoms with Crippen LogP contribution in [0.25, 0.3) is 5.57 Å². The first-order valence-electron chi connectivity index (χ1n) is 6.32. The molecule has 0 N–H and O–H groups in total. The average molecular weight is 442 g/mol. The summed E-state index contributed by atoms with van der Waals surface area (Å²) in [4.78, 5) is 12.1. The molecule has 2 aromatic carbocycles. The summed E-state index contributed by atoms with van der Waals surface area (Å²) in [7, 11) is 0. The lowest BCUT2D eigenvalue weighted by Crippen LogP contribution is -2.13. The van der Waals surface area contributed by atoms with E-state index >= 15 is 0 Å². The number of carbonyl (C=O) groups is 1. The number of allylic oxidation sites excluding steroid dienone is 2. The number of benzene rings is 2. The van der Waals surface area contributed by atoms with E-state index in [4.69, 9.17) is 23.2 Å². The Balaban J connectivity index is 2.53. The third kappa shape index (κ3) is 4.59. The molecule has 0 fully saturated rings. The van der Waals surface area contributed by atoms with Crippen molar-refractivity contribution in [2.24, 2.45) is 0 Å². The Labute approximate surface area is 153 Å². The van der Waals surface area contributed by atoms with Crippen LogP contribution in [0, 0.1) is 5.82 Å². The largest absolute Gasteiger partial charge is 0.417 e. The van der Waals surface area contributed by atoms with E-state index in [2.05, 4.69) is 15.9 Å². The smallest absolute Gasteiger partial charge is 0.289 e.